The SMILES string of the molecule is CCCCCN1C(SCc2cccc3ccccc23)=NC2C1C(=O)NC(=O)N2C. The van der Waals surface area contributed by atoms with E-state index in [1.165, 1.54) is 21.2 Å². The van der Waals surface area contributed by atoms with Crippen LogP contribution in [0, 0.1) is 0 Å². The fraction of sp³-hybridized carbons (Fsp3) is 0.409. The van der Waals surface area contributed by atoms with Gasteiger partial charge in [0.2, 0.25) is 0 Å². The second-order valence-corrected chi connectivity index (χ2v) is 8.45. The van der Waals surface area contributed by atoms with E-state index in [2.05, 4.69) is 53.5 Å². The summed E-state index contributed by atoms with van der Waals surface area (Å²) < 4.78 is 0. The van der Waals surface area contributed by atoms with Crippen LogP contribution in [-0.4, -0.2) is 52.7 Å². The van der Waals surface area contributed by atoms with E-state index in [0.29, 0.717) is 0 Å². The van der Waals surface area contributed by atoms with Gasteiger partial charge in [-0.2, -0.15) is 0 Å². The van der Waals surface area contributed by atoms with Crippen LogP contribution in [0.1, 0.15) is 31.7 Å². The lowest BCUT2D eigenvalue weighted by molar-refractivity contribution is -0.127. The largest absolute Gasteiger partial charge is 0.336 e. The van der Waals surface area contributed by atoms with E-state index in [4.69, 9.17) is 4.99 Å². The molecule has 2 heterocycles. The van der Waals surface area contributed by atoms with Gasteiger partial charge in [-0.15, -0.1) is 0 Å². The van der Waals surface area contributed by atoms with Crippen molar-refractivity contribution in [3.05, 3.63) is 48.0 Å². The maximum atomic E-state index is 12.6. The molecule has 1 saturated heterocycles. The summed E-state index contributed by atoms with van der Waals surface area (Å²) in [5.74, 6) is 0.516. The number of nitrogens with one attached hydrogen (secondary N) is 1. The number of carbonyl (C=O) groups excluding carboxylic acids is 2. The molecule has 7 heteroatoms. The van der Waals surface area contributed by atoms with Crippen LogP contribution >= 0.6 is 11.8 Å². The van der Waals surface area contributed by atoms with Crippen molar-refractivity contribution in [1.82, 2.24) is 15.1 Å². The molecule has 2 unspecified atom stereocenters. The van der Waals surface area contributed by atoms with Gasteiger partial charge in [-0.3, -0.25) is 10.1 Å². The number of nitrogens with zero attached hydrogens (tertiary/aromatic N) is 3. The summed E-state index contributed by atoms with van der Waals surface area (Å²) in [5.41, 5.74) is 1.24. The zero-order chi connectivity index (χ0) is 20.4. The molecule has 2 aromatic carbocycles. The van der Waals surface area contributed by atoms with Crippen molar-refractivity contribution in [1.29, 1.82) is 0 Å². The molecule has 0 aliphatic carbocycles. The summed E-state index contributed by atoms with van der Waals surface area (Å²) in [4.78, 5) is 33.1. The van der Waals surface area contributed by atoms with E-state index in [-0.39, 0.29) is 11.9 Å². The maximum Gasteiger partial charge on any atom is 0.325 e. The summed E-state index contributed by atoms with van der Waals surface area (Å²) in [7, 11) is 1.70. The average molecular weight is 411 g/mol. The highest BCUT2D eigenvalue weighted by Gasteiger charge is 2.48. The predicted octanol–water partition coefficient (Wildman–Crippen LogP) is 3.81. The third kappa shape index (κ3) is 3.83. The zero-order valence-corrected chi connectivity index (χ0v) is 17.6. The molecule has 3 amide bonds. The second-order valence-electron chi connectivity index (χ2n) is 7.50. The number of benzene rings is 2. The van der Waals surface area contributed by atoms with Crippen molar-refractivity contribution < 1.29 is 9.59 Å². The van der Waals surface area contributed by atoms with Crippen molar-refractivity contribution in [2.75, 3.05) is 13.6 Å². The lowest BCUT2D eigenvalue weighted by Crippen LogP contribution is -2.63. The molecule has 0 bridgehead atoms. The Bertz CT molecular complexity index is 955. The van der Waals surface area contributed by atoms with Crippen molar-refractivity contribution >= 4 is 39.6 Å². The van der Waals surface area contributed by atoms with Crippen LogP contribution in [-0.2, 0) is 10.5 Å². The zero-order valence-electron chi connectivity index (χ0n) is 16.8. The topological polar surface area (TPSA) is 65.0 Å². The first kappa shape index (κ1) is 19.8. The van der Waals surface area contributed by atoms with E-state index in [9.17, 15) is 9.59 Å². The fourth-order valence-electron chi connectivity index (χ4n) is 3.95. The van der Waals surface area contributed by atoms with Gasteiger partial charge >= 0.3 is 6.03 Å². The van der Waals surface area contributed by atoms with Gasteiger partial charge < -0.3 is 9.80 Å². The molecule has 0 radical (unpaired) electrons. The molecular formula is C22H26N4O2S. The Morgan fingerprint density at radius 1 is 1.10 bits per heavy atom. The van der Waals surface area contributed by atoms with Gasteiger partial charge in [0, 0.05) is 19.3 Å². The standard InChI is InChI=1S/C22H26N4O2S/c1-3-4-7-13-26-18-19(25(2)21(28)24-20(18)27)23-22(26)29-14-16-11-8-10-15-9-5-6-12-17(15)16/h5-6,8-12,18-19H,3-4,7,13-14H2,1-2H3,(H,24,27,28). The number of carbonyl (C=O) groups is 2. The van der Waals surface area contributed by atoms with E-state index < -0.39 is 12.2 Å². The highest BCUT2D eigenvalue weighted by atomic mass is 32.2. The van der Waals surface area contributed by atoms with Gasteiger partial charge in [-0.05, 0) is 22.8 Å². The Morgan fingerprint density at radius 3 is 2.72 bits per heavy atom. The van der Waals surface area contributed by atoms with Crippen LogP contribution < -0.4 is 5.32 Å². The molecule has 0 saturated carbocycles. The van der Waals surface area contributed by atoms with Crippen molar-refractivity contribution in [2.45, 2.75) is 44.1 Å². The maximum absolute atomic E-state index is 12.6. The second kappa shape index (κ2) is 8.45. The van der Waals surface area contributed by atoms with E-state index in [1.807, 2.05) is 6.07 Å². The van der Waals surface area contributed by atoms with Gasteiger partial charge in [0.05, 0.1) is 0 Å². The molecular weight excluding hydrogens is 384 g/mol. The number of aliphatic imine (C=N–C) groups is 1. The Balaban J connectivity index is 1.57. The molecule has 2 aromatic rings. The number of rotatable bonds is 6. The number of amidine groups is 1. The summed E-state index contributed by atoms with van der Waals surface area (Å²) >= 11 is 1.65. The predicted molar refractivity (Wildman–Crippen MR) is 118 cm³/mol. The smallest absolute Gasteiger partial charge is 0.325 e. The summed E-state index contributed by atoms with van der Waals surface area (Å²) in [6, 6.07) is 13.9. The number of hydrogen-bond acceptors (Lipinski definition) is 5. The molecule has 2 aliphatic rings. The van der Waals surface area contributed by atoms with Crippen molar-refractivity contribution in [2.24, 2.45) is 4.99 Å². The number of unbranched alkanes of at least 4 members (excludes halogenated alkanes) is 2. The van der Waals surface area contributed by atoms with E-state index in [1.54, 1.807) is 18.8 Å². The molecule has 2 aliphatic heterocycles. The third-order valence-electron chi connectivity index (χ3n) is 5.56. The van der Waals surface area contributed by atoms with Crippen LogP contribution in [0.25, 0.3) is 10.8 Å². The van der Waals surface area contributed by atoms with Gasteiger partial charge in [0.1, 0.15) is 0 Å². The first-order chi connectivity index (χ1) is 14.1. The highest BCUT2D eigenvalue weighted by molar-refractivity contribution is 8.13. The minimum atomic E-state index is -0.451. The van der Waals surface area contributed by atoms with Crippen molar-refractivity contribution in [3.8, 4) is 0 Å². The quantitative estimate of drug-likeness (QED) is 0.736. The van der Waals surface area contributed by atoms with Crippen LogP contribution in [0.15, 0.2) is 47.5 Å². The number of amides is 3. The van der Waals surface area contributed by atoms with Gasteiger partial charge in [0.25, 0.3) is 5.91 Å². The molecule has 6 nitrogen and oxygen atoms in total. The van der Waals surface area contributed by atoms with Gasteiger partial charge in [-0.25, -0.2) is 9.79 Å². The molecule has 0 spiro atoms. The number of fused-ring (bicyclic) bond motifs is 2. The fourth-order valence-corrected chi connectivity index (χ4v) is 5.04. The van der Waals surface area contributed by atoms with Crippen LogP contribution in [0.5, 0.6) is 0 Å². The Kier molecular flexibility index (Phi) is 5.76. The van der Waals surface area contributed by atoms with Crippen LogP contribution in [0.3, 0.4) is 0 Å². The first-order valence-corrected chi connectivity index (χ1v) is 11.1. The average Bonchev–Trinajstić information content (AvgIpc) is 3.10. The number of imide groups is 1. The number of urea groups is 1. The molecule has 152 valence electrons. The monoisotopic (exact) mass is 410 g/mol. The lowest BCUT2D eigenvalue weighted by atomic mass is 10.1. The Morgan fingerprint density at radius 2 is 1.90 bits per heavy atom. The molecule has 2 atom stereocenters. The molecule has 29 heavy (non-hydrogen) atoms. The normalized spacial score (nSPS) is 21.4. The Labute approximate surface area is 175 Å². The van der Waals surface area contributed by atoms with E-state index >= 15 is 0 Å². The number of likely N-dealkylation sites (N-methyl/N-ethyl adjacent to an activating group) is 1. The number of thioether (sulfide) groups is 1. The van der Waals surface area contributed by atoms with Crippen LogP contribution in [0.4, 0.5) is 4.79 Å². The minimum Gasteiger partial charge on any atom is -0.336 e. The van der Waals surface area contributed by atoms with Gasteiger partial charge in [0.15, 0.2) is 17.4 Å². The molecule has 0 aromatic heterocycles. The number of hydrogen-bond donors (Lipinski definition) is 1. The van der Waals surface area contributed by atoms with Crippen LogP contribution in [0.2, 0.25) is 0 Å². The third-order valence-corrected chi connectivity index (χ3v) is 6.62. The minimum absolute atomic E-state index is 0.251. The molecule has 1 fully saturated rings. The first-order valence-electron chi connectivity index (χ1n) is 10.1. The lowest BCUT2D eigenvalue weighted by Gasteiger charge is -2.36. The highest BCUT2D eigenvalue weighted by Crippen LogP contribution is 2.31. The van der Waals surface area contributed by atoms with E-state index in [0.717, 1.165) is 36.7 Å². The van der Waals surface area contributed by atoms with Crippen molar-refractivity contribution in [3.63, 3.8) is 0 Å². The summed E-state index contributed by atoms with van der Waals surface area (Å²) in [6.45, 7) is 2.93. The summed E-state index contributed by atoms with van der Waals surface area (Å²) in [5, 5.41) is 5.77. The molecule has 1 N–H and O–H groups in total. The summed E-state index contributed by atoms with van der Waals surface area (Å²) in [6.07, 6.45) is 2.76. The van der Waals surface area contributed by atoms with Gasteiger partial charge in [-0.1, -0.05) is 74.0 Å². The Hall–Kier alpha value is -2.54. The molecule has 4 rings (SSSR count).